The van der Waals surface area contributed by atoms with E-state index < -0.39 is 11.8 Å². The number of hydrogen-bond acceptors (Lipinski definition) is 2. The molecule has 1 rings (SSSR count). The van der Waals surface area contributed by atoms with Gasteiger partial charge in [0, 0.05) is 4.90 Å². The summed E-state index contributed by atoms with van der Waals surface area (Å²) in [6, 6.07) is 3.19. The quantitative estimate of drug-likeness (QED) is 0.745. The van der Waals surface area contributed by atoms with Crippen molar-refractivity contribution in [1.82, 2.24) is 0 Å². The number of halogens is 1. The van der Waals surface area contributed by atoms with Crippen LogP contribution in [0.15, 0.2) is 17.0 Å². The highest BCUT2D eigenvalue weighted by Crippen LogP contribution is 2.24. The summed E-state index contributed by atoms with van der Waals surface area (Å²) in [5, 5.41) is 8.72. The lowest BCUT2D eigenvalue weighted by Crippen LogP contribution is -2.04. The van der Waals surface area contributed by atoms with Crippen LogP contribution in [0.4, 0.5) is 4.39 Å². The SMILES string of the molecule is CSc1ccc(C)c(C(=O)O)c1F. The average Bonchev–Trinajstić information content (AvgIpc) is 2.04. The van der Waals surface area contributed by atoms with Crippen LogP contribution < -0.4 is 0 Å². The number of carbonyl (C=O) groups is 1. The molecule has 0 radical (unpaired) electrons. The molecule has 0 heterocycles. The van der Waals surface area contributed by atoms with Crippen LogP contribution in [0, 0.1) is 12.7 Å². The standard InChI is InChI=1S/C9H9FO2S/c1-5-3-4-6(13-2)8(10)7(5)9(11)12/h3-4H,1-2H3,(H,11,12). The van der Waals surface area contributed by atoms with Crippen LogP contribution in [0.25, 0.3) is 0 Å². The maximum atomic E-state index is 13.4. The Balaban J connectivity index is 3.38. The zero-order valence-corrected chi connectivity index (χ0v) is 8.11. The summed E-state index contributed by atoms with van der Waals surface area (Å²) in [6.07, 6.45) is 1.71. The number of benzene rings is 1. The first-order valence-corrected chi connectivity index (χ1v) is 4.86. The monoisotopic (exact) mass is 200 g/mol. The van der Waals surface area contributed by atoms with E-state index in [0.29, 0.717) is 10.5 Å². The van der Waals surface area contributed by atoms with Gasteiger partial charge < -0.3 is 5.11 Å². The van der Waals surface area contributed by atoms with Crippen LogP contribution in [0.3, 0.4) is 0 Å². The van der Waals surface area contributed by atoms with Crippen LogP contribution >= 0.6 is 11.8 Å². The normalized spacial score (nSPS) is 10.1. The van der Waals surface area contributed by atoms with Gasteiger partial charge in [-0.1, -0.05) is 6.07 Å². The second-order valence-electron chi connectivity index (χ2n) is 2.58. The van der Waals surface area contributed by atoms with E-state index in [1.165, 1.54) is 11.8 Å². The van der Waals surface area contributed by atoms with Crippen LogP contribution in [-0.4, -0.2) is 17.3 Å². The van der Waals surface area contributed by atoms with Crippen molar-refractivity contribution < 1.29 is 14.3 Å². The Kier molecular flexibility index (Phi) is 2.93. The molecule has 0 saturated heterocycles. The van der Waals surface area contributed by atoms with Crippen molar-refractivity contribution in [2.75, 3.05) is 6.26 Å². The molecular weight excluding hydrogens is 191 g/mol. The molecule has 0 atom stereocenters. The van der Waals surface area contributed by atoms with E-state index in [4.69, 9.17) is 5.11 Å². The lowest BCUT2D eigenvalue weighted by atomic mass is 10.1. The van der Waals surface area contributed by atoms with Crippen LogP contribution in [0.5, 0.6) is 0 Å². The second-order valence-corrected chi connectivity index (χ2v) is 3.43. The van der Waals surface area contributed by atoms with Crippen molar-refractivity contribution >= 4 is 17.7 Å². The number of carboxylic acids is 1. The average molecular weight is 200 g/mol. The Bertz CT molecular complexity index is 350. The third kappa shape index (κ3) is 1.83. The predicted octanol–water partition coefficient (Wildman–Crippen LogP) is 2.55. The van der Waals surface area contributed by atoms with Crippen molar-refractivity contribution in [2.24, 2.45) is 0 Å². The Morgan fingerprint density at radius 1 is 1.54 bits per heavy atom. The van der Waals surface area contributed by atoms with Gasteiger partial charge in [0.15, 0.2) is 5.82 Å². The van der Waals surface area contributed by atoms with Crippen molar-refractivity contribution in [3.8, 4) is 0 Å². The Morgan fingerprint density at radius 3 is 2.62 bits per heavy atom. The highest BCUT2D eigenvalue weighted by molar-refractivity contribution is 7.98. The highest BCUT2D eigenvalue weighted by atomic mass is 32.2. The molecule has 1 N–H and O–H groups in total. The molecule has 1 aromatic carbocycles. The number of aromatic carboxylic acids is 1. The molecule has 0 aliphatic carbocycles. The molecule has 13 heavy (non-hydrogen) atoms. The topological polar surface area (TPSA) is 37.3 Å². The molecule has 0 fully saturated rings. The maximum absolute atomic E-state index is 13.4. The molecule has 0 aliphatic rings. The minimum atomic E-state index is -1.22. The molecular formula is C9H9FO2S. The van der Waals surface area contributed by atoms with E-state index in [2.05, 4.69) is 0 Å². The molecule has 0 aromatic heterocycles. The van der Waals surface area contributed by atoms with E-state index in [1.807, 2.05) is 0 Å². The van der Waals surface area contributed by atoms with Crippen molar-refractivity contribution in [2.45, 2.75) is 11.8 Å². The molecule has 1 aromatic rings. The smallest absolute Gasteiger partial charge is 0.338 e. The van der Waals surface area contributed by atoms with Gasteiger partial charge in [-0.05, 0) is 24.8 Å². The number of aryl methyl sites for hydroxylation is 1. The third-order valence-electron chi connectivity index (χ3n) is 1.75. The molecule has 0 aliphatic heterocycles. The van der Waals surface area contributed by atoms with E-state index in [1.54, 1.807) is 25.3 Å². The third-order valence-corrected chi connectivity index (χ3v) is 2.50. The van der Waals surface area contributed by atoms with Crippen LogP contribution in [0.1, 0.15) is 15.9 Å². The lowest BCUT2D eigenvalue weighted by Gasteiger charge is -2.05. The molecule has 0 saturated carbocycles. The van der Waals surface area contributed by atoms with Crippen molar-refractivity contribution in [3.05, 3.63) is 29.1 Å². The van der Waals surface area contributed by atoms with Crippen molar-refractivity contribution in [1.29, 1.82) is 0 Å². The molecule has 4 heteroatoms. The van der Waals surface area contributed by atoms with Gasteiger partial charge in [0.1, 0.15) is 0 Å². The fourth-order valence-corrected chi connectivity index (χ4v) is 1.56. The second kappa shape index (κ2) is 3.79. The number of carboxylic acid groups (broad SMARTS) is 1. The molecule has 2 nitrogen and oxygen atoms in total. The van der Waals surface area contributed by atoms with Gasteiger partial charge in [0.25, 0.3) is 0 Å². The zero-order valence-electron chi connectivity index (χ0n) is 7.30. The summed E-state index contributed by atoms with van der Waals surface area (Å²) in [4.78, 5) is 11.0. The molecule has 0 spiro atoms. The first-order chi connectivity index (χ1) is 6.07. The van der Waals surface area contributed by atoms with E-state index in [9.17, 15) is 9.18 Å². The van der Waals surface area contributed by atoms with Gasteiger partial charge in [0.2, 0.25) is 0 Å². The zero-order chi connectivity index (χ0) is 10.0. The van der Waals surface area contributed by atoms with Gasteiger partial charge in [0.05, 0.1) is 5.56 Å². The Labute approximate surface area is 79.8 Å². The minimum absolute atomic E-state index is 0.230. The van der Waals surface area contributed by atoms with Gasteiger partial charge in [-0.25, -0.2) is 9.18 Å². The molecule has 70 valence electrons. The van der Waals surface area contributed by atoms with E-state index >= 15 is 0 Å². The van der Waals surface area contributed by atoms with E-state index in [-0.39, 0.29) is 5.56 Å². The number of hydrogen-bond donors (Lipinski definition) is 1. The van der Waals surface area contributed by atoms with Crippen molar-refractivity contribution in [3.63, 3.8) is 0 Å². The van der Waals surface area contributed by atoms with Gasteiger partial charge in [-0.3, -0.25) is 0 Å². The van der Waals surface area contributed by atoms with Gasteiger partial charge in [-0.15, -0.1) is 11.8 Å². The molecule has 0 amide bonds. The largest absolute Gasteiger partial charge is 0.478 e. The Hall–Kier alpha value is -1.03. The summed E-state index contributed by atoms with van der Waals surface area (Å²) in [6.45, 7) is 1.58. The number of rotatable bonds is 2. The highest BCUT2D eigenvalue weighted by Gasteiger charge is 2.16. The number of thioether (sulfide) groups is 1. The molecule has 0 bridgehead atoms. The predicted molar refractivity (Wildman–Crippen MR) is 49.9 cm³/mol. The summed E-state index contributed by atoms with van der Waals surface area (Å²) in [5.74, 6) is -1.86. The minimum Gasteiger partial charge on any atom is -0.478 e. The first kappa shape index (κ1) is 10.1. The van der Waals surface area contributed by atoms with Gasteiger partial charge in [-0.2, -0.15) is 0 Å². The maximum Gasteiger partial charge on any atom is 0.338 e. The first-order valence-electron chi connectivity index (χ1n) is 3.64. The fourth-order valence-electron chi connectivity index (χ4n) is 1.07. The van der Waals surface area contributed by atoms with Crippen LogP contribution in [-0.2, 0) is 0 Å². The fraction of sp³-hybridized carbons (Fsp3) is 0.222. The lowest BCUT2D eigenvalue weighted by molar-refractivity contribution is 0.0690. The summed E-state index contributed by atoms with van der Waals surface area (Å²) >= 11 is 1.20. The summed E-state index contributed by atoms with van der Waals surface area (Å²) < 4.78 is 13.4. The van der Waals surface area contributed by atoms with Crippen LogP contribution in [0.2, 0.25) is 0 Å². The molecule has 0 unspecified atom stereocenters. The Morgan fingerprint density at radius 2 is 2.15 bits per heavy atom. The summed E-state index contributed by atoms with van der Waals surface area (Å²) in [5.41, 5.74) is 0.217. The van der Waals surface area contributed by atoms with Gasteiger partial charge >= 0.3 is 5.97 Å². The van der Waals surface area contributed by atoms with E-state index in [0.717, 1.165) is 0 Å². The summed E-state index contributed by atoms with van der Waals surface area (Å²) in [7, 11) is 0.